The smallest absolute Gasteiger partial charge is 0.340 e. The first-order valence-corrected chi connectivity index (χ1v) is 17.9. The minimum Gasteiger partial charge on any atom is -0.461 e. The van der Waals surface area contributed by atoms with E-state index in [4.69, 9.17) is 23.7 Å². The summed E-state index contributed by atoms with van der Waals surface area (Å²) in [6.45, 7) is 4.95. The fraction of sp³-hybridized carbons (Fsp3) is 0.757. The van der Waals surface area contributed by atoms with Crippen LogP contribution >= 0.6 is 0 Å². The summed E-state index contributed by atoms with van der Waals surface area (Å²) in [4.78, 5) is 43.3. The number of carbonyl (C=O) groups is 3. The Bertz CT molecular complexity index is 1560. The maximum Gasteiger partial charge on any atom is 0.340 e. The minimum absolute atomic E-state index is 0.0358. The molecule has 14 atom stereocenters. The van der Waals surface area contributed by atoms with Crippen LogP contribution in [0, 0.1) is 40.4 Å². The highest BCUT2D eigenvalue weighted by Crippen LogP contribution is 2.80. The predicted molar refractivity (Wildman–Crippen MR) is 174 cm³/mol. The minimum atomic E-state index is -1.70. The number of ether oxygens (including phenoxy) is 5. The molecule has 1 aromatic carbocycles. The number of esters is 1. The summed E-state index contributed by atoms with van der Waals surface area (Å²) < 4.78 is 31.4. The van der Waals surface area contributed by atoms with Crippen LogP contribution in [0.1, 0.15) is 56.3 Å². The second kappa shape index (κ2) is 11.3. The summed E-state index contributed by atoms with van der Waals surface area (Å²) in [6, 6.07) is 6.12. The molecule has 0 aromatic heterocycles. The lowest BCUT2D eigenvalue weighted by Gasteiger charge is -2.70. The van der Waals surface area contributed by atoms with Crippen molar-refractivity contribution in [2.75, 3.05) is 53.0 Å². The van der Waals surface area contributed by atoms with Crippen LogP contribution in [0.25, 0.3) is 0 Å². The van der Waals surface area contributed by atoms with Gasteiger partial charge in [0, 0.05) is 82.3 Å². The van der Waals surface area contributed by atoms with E-state index in [0.29, 0.717) is 25.9 Å². The number of fused-ring (bicyclic) bond motifs is 2. The zero-order valence-corrected chi connectivity index (χ0v) is 29.3. The molecular weight excluding hydrogens is 632 g/mol. The second-order valence-electron chi connectivity index (χ2n) is 16.0. The molecule has 2 heterocycles. The van der Waals surface area contributed by atoms with Gasteiger partial charge in [-0.1, -0.05) is 26.0 Å². The van der Waals surface area contributed by atoms with Gasteiger partial charge in [0.25, 0.3) is 0 Å². The Labute approximate surface area is 287 Å². The molecule has 3 unspecified atom stereocenters. The van der Waals surface area contributed by atoms with Crippen LogP contribution in [0.5, 0.6) is 0 Å². The largest absolute Gasteiger partial charge is 0.461 e. The van der Waals surface area contributed by atoms with Gasteiger partial charge in [0.2, 0.25) is 11.8 Å². The molecular formula is C37H50N2O10. The number of piperidine rings is 1. The molecule has 5 saturated carbocycles. The van der Waals surface area contributed by atoms with Crippen molar-refractivity contribution in [3.05, 3.63) is 29.8 Å². The number of anilines is 1. The van der Waals surface area contributed by atoms with E-state index in [9.17, 15) is 24.6 Å². The number of benzene rings is 1. The van der Waals surface area contributed by atoms with Crippen LogP contribution in [-0.2, 0) is 33.3 Å². The van der Waals surface area contributed by atoms with Gasteiger partial charge in [0.1, 0.15) is 11.2 Å². The van der Waals surface area contributed by atoms with E-state index < -0.39 is 46.1 Å². The van der Waals surface area contributed by atoms with Gasteiger partial charge < -0.3 is 33.9 Å². The summed E-state index contributed by atoms with van der Waals surface area (Å²) in [5.41, 5.74) is -4.17. The third kappa shape index (κ3) is 3.86. The number of methoxy groups -OCH3 is 4. The number of hydrogen-bond acceptors (Lipinski definition) is 11. The molecule has 7 aliphatic rings. The Kier molecular flexibility index (Phi) is 7.75. The second-order valence-corrected chi connectivity index (χ2v) is 16.0. The Morgan fingerprint density at radius 2 is 1.80 bits per heavy atom. The molecule has 8 rings (SSSR count). The molecule has 0 radical (unpaired) electrons. The third-order valence-corrected chi connectivity index (χ3v) is 14.5. The molecule has 1 spiro atoms. The van der Waals surface area contributed by atoms with Crippen LogP contribution in [0.3, 0.4) is 0 Å². The summed E-state index contributed by atoms with van der Waals surface area (Å²) in [5, 5.41) is 26.6. The average Bonchev–Trinajstić information content (AvgIpc) is 3.63. The Morgan fingerprint density at radius 3 is 2.43 bits per heavy atom. The van der Waals surface area contributed by atoms with E-state index in [1.54, 1.807) is 59.6 Å². The van der Waals surface area contributed by atoms with Crippen molar-refractivity contribution in [2.24, 2.45) is 40.4 Å². The normalized spacial score (nSPS) is 48.0. The molecule has 2 saturated heterocycles. The van der Waals surface area contributed by atoms with Crippen LogP contribution in [0.15, 0.2) is 24.3 Å². The van der Waals surface area contributed by atoms with Crippen molar-refractivity contribution < 1.29 is 48.3 Å². The summed E-state index contributed by atoms with van der Waals surface area (Å²) in [6.07, 6.45) is 0.813. The fourth-order valence-corrected chi connectivity index (χ4v) is 13.2. The molecule has 5 aliphatic carbocycles. The maximum absolute atomic E-state index is 14.1. The summed E-state index contributed by atoms with van der Waals surface area (Å²) >= 11 is 0. The maximum atomic E-state index is 14.1. The quantitative estimate of drug-likeness (QED) is 0.292. The fourth-order valence-electron chi connectivity index (χ4n) is 13.2. The van der Waals surface area contributed by atoms with Gasteiger partial charge in [-0.2, -0.15) is 0 Å². The first kappa shape index (κ1) is 33.7. The topological polar surface area (TPSA) is 144 Å². The van der Waals surface area contributed by atoms with E-state index >= 15 is 0 Å². The molecule has 7 bridgehead atoms. The number of likely N-dealkylation sites (tertiary alicyclic amines) is 1. The number of rotatable bonds is 9. The Balaban J connectivity index is 1.23. The Morgan fingerprint density at radius 1 is 1.04 bits per heavy atom. The van der Waals surface area contributed by atoms with Crippen molar-refractivity contribution in [1.82, 2.24) is 4.90 Å². The van der Waals surface area contributed by atoms with E-state index in [0.717, 1.165) is 11.3 Å². The number of nitrogens with zero attached hydrogens (tertiary/aromatic N) is 2. The molecule has 12 nitrogen and oxygen atoms in total. The first-order chi connectivity index (χ1) is 23.4. The van der Waals surface area contributed by atoms with Crippen molar-refractivity contribution in [3.63, 3.8) is 0 Å². The van der Waals surface area contributed by atoms with Gasteiger partial charge in [-0.25, -0.2) is 9.69 Å². The van der Waals surface area contributed by atoms with E-state index in [-0.39, 0.29) is 84.5 Å². The van der Waals surface area contributed by atoms with Crippen molar-refractivity contribution in [2.45, 2.75) is 87.6 Å². The highest BCUT2D eigenvalue weighted by Gasteiger charge is 2.91. The molecule has 268 valence electrons. The lowest BCUT2D eigenvalue weighted by Crippen LogP contribution is -2.82. The number of imide groups is 1. The molecule has 2 amide bonds. The van der Waals surface area contributed by atoms with Crippen LogP contribution in [0.4, 0.5) is 5.69 Å². The van der Waals surface area contributed by atoms with Gasteiger partial charge in [0.05, 0.1) is 48.3 Å². The van der Waals surface area contributed by atoms with Gasteiger partial charge in [-0.05, 0) is 43.9 Å². The van der Waals surface area contributed by atoms with Crippen LogP contribution < -0.4 is 4.90 Å². The van der Waals surface area contributed by atoms with Crippen LogP contribution in [0.2, 0.25) is 0 Å². The molecule has 49 heavy (non-hydrogen) atoms. The standard InChI is InChI=1S/C37H50N2O10/c1-7-38-17-34(18-49-32(42)20-10-8-9-11-23(20)39-26(40)14-19(2)31(39)41)13-12-25(46-4)36-22-15-21-24(45-3)16-35(43,27(22)28(21)47-5)37(44,33(36)38)30(48-6)29(34)36/h8-11,19,21-22,24-25,27-30,33,43-44H,7,12-18H2,1-6H3/t19?,21-,22-,24+,25+,27-,28+,29?,30+,33?,34+,35-,36+,37+/m1/s1. The van der Waals surface area contributed by atoms with Crippen molar-refractivity contribution in [3.8, 4) is 0 Å². The Hall–Kier alpha value is -2.45. The summed E-state index contributed by atoms with van der Waals surface area (Å²) in [7, 11) is 6.70. The number of hydrogen-bond donors (Lipinski definition) is 2. The van der Waals surface area contributed by atoms with Gasteiger partial charge in [-0.15, -0.1) is 0 Å². The molecule has 2 aliphatic heterocycles. The SMILES string of the molecule is CCN1C[C@]2(COC(=O)c3ccccc3N3C(=O)CC(C)C3=O)CC[C@H](OC)[C@@]34C2[C@H](OC)[C@](O)(C13)[C@@]1(O)C[C@H](OC)[C@H]2C[C@@H]4[C@@H]1[C@H]2OC. The number of amides is 2. The number of aliphatic hydroxyl groups is 2. The van der Waals surface area contributed by atoms with E-state index in [1.165, 1.54) is 0 Å². The predicted octanol–water partition coefficient (Wildman–Crippen LogP) is 2.04. The zero-order chi connectivity index (χ0) is 34.8. The number of carbonyl (C=O) groups excluding carboxylic acids is 3. The zero-order valence-electron chi connectivity index (χ0n) is 29.3. The monoisotopic (exact) mass is 682 g/mol. The first-order valence-electron chi connectivity index (χ1n) is 17.9. The molecule has 7 fully saturated rings. The number of likely N-dealkylation sites (N-methyl/N-ethyl adjacent to an activating group) is 1. The highest BCUT2D eigenvalue weighted by atomic mass is 16.5. The van der Waals surface area contributed by atoms with E-state index in [2.05, 4.69) is 11.8 Å². The lowest BCUT2D eigenvalue weighted by atomic mass is 9.42. The molecule has 12 heteroatoms. The van der Waals surface area contributed by atoms with Crippen molar-refractivity contribution >= 4 is 23.5 Å². The summed E-state index contributed by atoms with van der Waals surface area (Å²) in [5.74, 6) is -2.47. The lowest BCUT2D eigenvalue weighted by molar-refractivity contribution is -0.320. The van der Waals surface area contributed by atoms with Gasteiger partial charge in [-0.3, -0.25) is 14.5 Å². The van der Waals surface area contributed by atoms with Crippen LogP contribution in [-0.4, -0.2) is 123 Å². The molecule has 2 N–H and O–H groups in total. The third-order valence-electron chi connectivity index (χ3n) is 14.5. The number of para-hydroxylation sites is 1. The van der Waals surface area contributed by atoms with E-state index in [1.807, 2.05) is 0 Å². The van der Waals surface area contributed by atoms with Gasteiger partial charge >= 0.3 is 5.97 Å². The highest BCUT2D eigenvalue weighted by molar-refractivity contribution is 6.22. The van der Waals surface area contributed by atoms with Gasteiger partial charge in [0.15, 0.2) is 0 Å². The molecule has 1 aromatic rings. The average molecular weight is 683 g/mol. The van der Waals surface area contributed by atoms with Crippen molar-refractivity contribution in [1.29, 1.82) is 0 Å².